The van der Waals surface area contributed by atoms with Gasteiger partial charge in [0.25, 0.3) is 0 Å². The van der Waals surface area contributed by atoms with E-state index in [2.05, 4.69) is 0 Å². The highest BCUT2D eigenvalue weighted by Gasteiger charge is 2.22. The fourth-order valence-electron chi connectivity index (χ4n) is 3.75. The minimum absolute atomic E-state index is 0.197. The Labute approximate surface area is 193 Å². The number of rotatable bonds is 7. The average Bonchev–Trinajstić information content (AvgIpc) is 3.14. The van der Waals surface area contributed by atoms with Crippen LogP contribution in [0.25, 0.3) is 5.69 Å². The van der Waals surface area contributed by atoms with Crippen LogP contribution >= 0.6 is 11.8 Å². The fraction of sp³-hybridized carbons (Fsp3) is 0.360. The average molecular weight is 452 g/mol. The third-order valence-electron chi connectivity index (χ3n) is 5.64. The Morgan fingerprint density at radius 3 is 2.31 bits per heavy atom. The molecule has 1 aromatic heterocycles. The molecule has 0 spiro atoms. The minimum Gasteiger partial charge on any atom is -0.497 e. The second kappa shape index (κ2) is 10.1. The van der Waals surface area contributed by atoms with Gasteiger partial charge in [-0.3, -0.25) is 4.79 Å². The monoisotopic (exact) mass is 451 g/mol. The highest BCUT2D eigenvalue weighted by Crippen LogP contribution is 2.32. The lowest BCUT2D eigenvalue weighted by molar-refractivity contribution is -0.130. The van der Waals surface area contributed by atoms with Gasteiger partial charge >= 0.3 is 0 Å². The van der Waals surface area contributed by atoms with Crippen molar-refractivity contribution in [3.8, 4) is 23.1 Å². The van der Waals surface area contributed by atoms with Crippen molar-refractivity contribution in [1.29, 1.82) is 0 Å². The summed E-state index contributed by atoms with van der Waals surface area (Å²) in [5.74, 6) is 4.40. The fourth-order valence-corrected chi connectivity index (χ4v) is 4.65. The maximum absolute atomic E-state index is 12.8. The van der Waals surface area contributed by atoms with E-state index in [-0.39, 0.29) is 5.91 Å². The summed E-state index contributed by atoms with van der Waals surface area (Å²) >= 11 is 1.91. The maximum atomic E-state index is 12.8. The van der Waals surface area contributed by atoms with E-state index >= 15 is 0 Å². The molecule has 2 aromatic carbocycles. The van der Waals surface area contributed by atoms with Crippen LogP contribution in [0, 0.1) is 13.8 Å². The van der Waals surface area contributed by atoms with Crippen LogP contribution in [0.5, 0.6) is 17.4 Å². The van der Waals surface area contributed by atoms with Gasteiger partial charge in [0.15, 0.2) is 0 Å². The summed E-state index contributed by atoms with van der Waals surface area (Å²) in [5, 5.41) is 4.76. The largest absolute Gasteiger partial charge is 0.497 e. The lowest BCUT2D eigenvalue weighted by Gasteiger charge is -2.26. The van der Waals surface area contributed by atoms with E-state index in [9.17, 15) is 4.79 Å². The number of methoxy groups -OCH3 is 1. The normalized spacial score (nSPS) is 13.8. The Morgan fingerprint density at radius 1 is 1.00 bits per heavy atom. The summed E-state index contributed by atoms with van der Waals surface area (Å²) in [4.78, 5) is 14.7. The summed E-state index contributed by atoms with van der Waals surface area (Å²) in [5.41, 5.74) is 3.87. The van der Waals surface area contributed by atoms with Gasteiger partial charge in [-0.1, -0.05) is 17.7 Å². The van der Waals surface area contributed by atoms with Crippen LogP contribution in [-0.2, 0) is 11.2 Å². The SMILES string of the molecule is COc1ccc(-n2nc(C)c(CCC(=O)N3CCSCC3)c2Oc2ccc(C)cc2)cc1. The maximum Gasteiger partial charge on any atom is 0.226 e. The Morgan fingerprint density at radius 2 is 1.66 bits per heavy atom. The molecule has 0 atom stereocenters. The molecule has 1 fully saturated rings. The van der Waals surface area contributed by atoms with E-state index in [1.807, 2.05) is 83.7 Å². The molecule has 2 heterocycles. The first kappa shape index (κ1) is 22.3. The molecule has 32 heavy (non-hydrogen) atoms. The molecule has 1 amide bonds. The Kier molecular flexibility index (Phi) is 7.05. The van der Waals surface area contributed by atoms with Gasteiger partial charge in [-0.25, -0.2) is 4.68 Å². The standard InChI is InChI=1S/C25H29N3O3S/c1-18-4-8-22(9-5-18)31-25-23(12-13-24(29)27-14-16-32-17-15-27)19(2)26-28(25)20-6-10-21(30-3)11-7-20/h4-11H,12-17H2,1-3H3. The van der Waals surface area contributed by atoms with Crippen molar-refractivity contribution >= 4 is 17.7 Å². The van der Waals surface area contributed by atoms with Gasteiger partial charge in [0.1, 0.15) is 11.5 Å². The van der Waals surface area contributed by atoms with E-state index in [4.69, 9.17) is 14.6 Å². The van der Waals surface area contributed by atoms with E-state index in [1.54, 1.807) is 7.11 Å². The molecule has 0 saturated carbocycles. The zero-order chi connectivity index (χ0) is 22.5. The molecule has 7 heteroatoms. The van der Waals surface area contributed by atoms with Crippen molar-refractivity contribution in [2.75, 3.05) is 31.7 Å². The molecule has 6 nitrogen and oxygen atoms in total. The first-order valence-electron chi connectivity index (χ1n) is 10.9. The molecule has 0 unspecified atom stereocenters. The van der Waals surface area contributed by atoms with Gasteiger partial charge in [0.2, 0.25) is 11.8 Å². The van der Waals surface area contributed by atoms with Crippen molar-refractivity contribution in [2.24, 2.45) is 0 Å². The van der Waals surface area contributed by atoms with Crippen LogP contribution < -0.4 is 9.47 Å². The molecule has 1 saturated heterocycles. The van der Waals surface area contributed by atoms with Crippen molar-refractivity contribution in [3.63, 3.8) is 0 Å². The number of hydrogen-bond acceptors (Lipinski definition) is 5. The highest BCUT2D eigenvalue weighted by atomic mass is 32.2. The number of benzene rings is 2. The van der Waals surface area contributed by atoms with Crippen LogP contribution in [0.3, 0.4) is 0 Å². The Balaban J connectivity index is 1.63. The van der Waals surface area contributed by atoms with Crippen molar-refractivity contribution in [1.82, 2.24) is 14.7 Å². The number of carbonyl (C=O) groups is 1. The van der Waals surface area contributed by atoms with E-state index in [1.165, 1.54) is 5.56 Å². The van der Waals surface area contributed by atoms with Crippen LogP contribution in [-0.4, -0.2) is 52.3 Å². The molecule has 1 aliphatic rings. The summed E-state index contributed by atoms with van der Waals surface area (Å²) in [6, 6.07) is 15.7. The smallest absolute Gasteiger partial charge is 0.226 e. The third-order valence-corrected chi connectivity index (χ3v) is 6.58. The molecule has 0 aliphatic carbocycles. The van der Waals surface area contributed by atoms with Gasteiger partial charge in [-0.15, -0.1) is 0 Å². The summed E-state index contributed by atoms with van der Waals surface area (Å²) < 4.78 is 13.4. The second-order valence-electron chi connectivity index (χ2n) is 7.89. The predicted molar refractivity (Wildman–Crippen MR) is 128 cm³/mol. The number of aryl methyl sites for hydroxylation is 2. The summed E-state index contributed by atoms with van der Waals surface area (Å²) in [6.45, 7) is 5.69. The molecule has 0 radical (unpaired) electrons. The number of amides is 1. The Bertz CT molecular complexity index is 1060. The predicted octanol–water partition coefficient (Wildman–Crippen LogP) is 4.80. The van der Waals surface area contributed by atoms with Crippen molar-refractivity contribution < 1.29 is 14.3 Å². The lowest BCUT2D eigenvalue weighted by Crippen LogP contribution is -2.38. The van der Waals surface area contributed by atoms with Crippen LogP contribution in [0.2, 0.25) is 0 Å². The number of thioether (sulfide) groups is 1. The van der Waals surface area contributed by atoms with Crippen molar-refractivity contribution in [2.45, 2.75) is 26.7 Å². The topological polar surface area (TPSA) is 56.6 Å². The van der Waals surface area contributed by atoms with E-state index < -0.39 is 0 Å². The first-order chi connectivity index (χ1) is 15.5. The zero-order valence-corrected chi connectivity index (χ0v) is 19.7. The number of aromatic nitrogens is 2. The molecule has 0 N–H and O–H groups in total. The minimum atomic E-state index is 0.197. The lowest BCUT2D eigenvalue weighted by atomic mass is 10.1. The quantitative estimate of drug-likeness (QED) is 0.517. The van der Waals surface area contributed by atoms with Crippen molar-refractivity contribution in [3.05, 3.63) is 65.4 Å². The second-order valence-corrected chi connectivity index (χ2v) is 9.11. The van der Waals surface area contributed by atoms with E-state index in [0.29, 0.717) is 18.7 Å². The van der Waals surface area contributed by atoms with E-state index in [0.717, 1.165) is 53.0 Å². The first-order valence-corrected chi connectivity index (χ1v) is 12.0. The molecular weight excluding hydrogens is 422 g/mol. The molecule has 1 aliphatic heterocycles. The number of hydrogen-bond donors (Lipinski definition) is 0. The van der Waals surface area contributed by atoms with Gasteiger partial charge in [0.05, 0.1) is 18.5 Å². The van der Waals surface area contributed by atoms with Crippen LogP contribution in [0.4, 0.5) is 0 Å². The van der Waals surface area contributed by atoms with Gasteiger partial charge in [0, 0.05) is 36.6 Å². The third kappa shape index (κ3) is 5.10. The molecule has 4 rings (SSSR count). The van der Waals surface area contributed by atoms with Gasteiger partial charge in [-0.05, 0) is 56.7 Å². The molecule has 0 bridgehead atoms. The number of ether oxygens (including phenoxy) is 2. The number of nitrogens with zero attached hydrogens (tertiary/aromatic N) is 3. The molecule has 3 aromatic rings. The van der Waals surface area contributed by atoms with Gasteiger partial charge < -0.3 is 14.4 Å². The summed E-state index contributed by atoms with van der Waals surface area (Å²) in [6.07, 6.45) is 1.04. The Hall–Kier alpha value is -2.93. The molecular formula is C25H29N3O3S. The highest BCUT2D eigenvalue weighted by molar-refractivity contribution is 7.99. The van der Waals surface area contributed by atoms with Gasteiger partial charge in [-0.2, -0.15) is 16.9 Å². The van der Waals surface area contributed by atoms with Crippen LogP contribution in [0.1, 0.15) is 23.2 Å². The zero-order valence-electron chi connectivity index (χ0n) is 18.8. The summed E-state index contributed by atoms with van der Waals surface area (Å²) in [7, 11) is 1.65. The molecule has 168 valence electrons. The number of carbonyl (C=O) groups excluding carboxylic acids is 1. The van der Waals surface area contributed by atoms with Crippen LogP contribution in [0.15, 0.2) is 48.5 Å².